The lowest BCUT2D eigenvalue weighted by molar-refractivity contribution is 0.660. The van der Waals surface area contributed by atoms with Crippen LogP contribution >= 0.6 is 12.2 Å². The summed E-state index contributed by atoms with van der Waals surface area (Å²) >= 11 is 4.97. The third-order valence-corrected chi connectivity index (χ3v) is 2.51. The third kappa shape index (κ3) is 2.59. The highest BCUT2D eigenvalue weighted by molar-refractivity contribution is 7.80. The van der Waals surface area contributed by atoms with Crippen LogP contribution in [0.3, 0.4) is 0 Å². The number of nitrogens with one attached hydrogen (secondary N) is 1. The highest BCUT2D eigenvalue weighted by Gasteiger charge is 2.06. The molecular formula is C11H13N5S. The maximum atomic E-state index is 5.63. The Balaban J connectivity index is 2.26. The smallest absolute Gasteiger partial charge is 0.140 e. The van der Waals surface area contributed by atoms with E-state index >= 15 is 0 Å². The zero-order chi connectivity index (χ0) is 12.3. The zero-order valence-electron chi connectivity index (χ0n) is 9.42. The molecule has 2 rings (SSSR count). The number of thiocarbonyl (C=S) groups is 1. The van der Waals surface area contributed by atoms with Gasteiger partial charge in [-0.05, 0) is 19.1 Å². The summed E-state index contributed by atoms with van der Waals surface area (Å²) in [5.41, 5.74) is 7.22. The average molecular weight is 247 g/mol. The van der Waals surface area contributed by atoms with Crippen molar-refractivity contribution in [2.24, 2.45) is 5.73 Å². The van der Waals surface area contributed by atoms with Crippen LogP contribution < -0.4 is 11.1 Å². The van der Waals surface area contributed by atoms with Gasteiger partial charge >= 0.3 is 0 Å². The molecule has 0 aliphatic heterocycles. The molecule has 0 radical (unpaired) electrons. The number of hydrogen-bond acceptors (Lipinski definition) is 4. The monoisotopic (exact) mass is 247 g/mol. The molecule has 5 nitrogen and oxygen atoms in total. The van der Waals surface area contributed by atoms with Crippen molar-refractivity contribution in [2.45, 2.75) is 13.5 Å². The molecule has 2 heterocycles. The van der Waals surface area contributed by atoms with Crippen LogP contribution in [0.4, 0.5) is 11.5 Å². The van der Waals surface area contributed by atoms with Crippen LogP contribution in [0.25, 0.3) is 0 Å². The standard InChI is InChI=1S/C11H13N5S/c1-2-16-7-8(6-14-16)15-11-9(10(12)17)4-3-5-13-11/h3-7H,2H2,1H3,(H2,12,17)(H,13,15). The van der Waals surface area contributed by atoms with Crippen molar-refractivity contribution < 1.29 is 0 Å². The lowest BCUT2D eigenvalue weighted by Crippen LogP contribution is -2.12. The Kier molecular flexibility index (Phi) is 3.34. The minimum absolute atomic E-state index is 0.323. The van der Waals surface area contributed by atoms with Gasteiger partial charge in [0.05, 0.1) is 17.4 Å². The Morgan fingerprint density at radius 3 is 3.06 bits per heavy atom. The molecule has 0 bridgehead atoms. The van der Waals surface area contributed by atoms with Crippen molar-refractivity contribution in [3.05, 3.63) is 36.3 Å². The molecule has 0 saturated heterocycles. The topological polar surface area (TPSA) is 68.8 Å². The second-order valence-corrected chi connectivity index (χ2v) is 3.91. The molecule has 0 aliphatic rings. The normalized spacial score (nSPS) is 10.2. The van der Waals surface area contributed by atoms with Gasteiger partial charge in [-0.1, -0.05) is 12.2 Å². The number of hydrogen-bond donors (Lipinski definition) is 2. The number of anilines is 2. The summed E-state index contributed by atoms with van der Waals surface area (Å²) in [6.45, 7) is 2.85. The van der Waals surface area contributed by atoms with Gasteiger partial charge in [0.25, 0.3) is 0 Å². The van der Waals surface area contributed by atoms with E-state index in [-0.39, 0.29) is 0 Å². The minimum atomic E-state index is 0.323. The van der Waals surface area contributed by atoms with Crippen LogP contribution in [-0.4, -0.2) is 19.8 Å². The molecule has 0 saturated carbocycles. The van der Waals surface area contributed by atoms with Crippen LogP contribution in [0.1, 0.15) is 12.5 Å². The SMILES string of the molecule is CCn1cc(Nc2ncccc2C(N)=S)cn1. The third-order valence-electron chi connectivity index (χ3n) is 2.29. The summed E-state index contributed by atoms with van der Waals surface area (Å²) < 4.78 is 1.83. The molecule has 0 amide bonds. The first kappa shape index (κ1) is 11.5. The van der Waals surface area contributed by atoms with Crippen molar-refractivity contribution in [3.8, 4) is 0 Å². The predicted molar refractivity (Wildman–Crippen MR) is 71.3 cm³/mol. The quantitative estimate of drug-likeness (QED) is 0.804. The lowest BCUT2D eigenvalue weighted by Gasteiger charge is -2.07. The molecule has 2 aromatic heterocycles. The number of nitrogens with zero attached hydrogens (tertiary/aromatic N) is 3. The van der Waals surface area contributed by atoms with Crippen molar-refractivity contribution in [1.82, 2.24) is 14.8 Å². The second kappa shape index (κ2) is 4.92. The summed E-state index contributed by atoms with van der Waals surface area (Å²) in [5, 5.41) is 7.31. The van der Waals surface area contributed by atoms with Gasteiger partial charge in [-0.2, -0.15) is 5.10 Å². The highest BCUT2D eigenvalue weighted by atomic mass is 32.1. The molecule has 0 atom stereocenters. The van der Waals surface area contributed by atoms with Gasteiger partial charge in [-0.25, -0.2) is 4.98 Å². The van der Waals surface area contributed by atoms with E-state index in [1.165, 1.54) is 0 Å². The van der Waals surface area contributed by atoms with Crippen LogP contribution in [0.5, 0.6) is 0 Å². The van der Waals surface area contributed by atoms with E-state index in [1.54, 1.807) is 18.5 Å². The lowest BCUT2D eigenvalue weighted by atomic mass is 10.2. The summed E-state index contributed by atoms with van der Waals surface area (Å²) in [4.78, 5) is 4.54. The van der Waals surface area contributed by atoms with Crippen LogP contribution in [-0.2, 0) is 6.54 Å². The Morgan fingerprint density at radius 1 is 1.59 bits per heavy atom. The number of rotatable bonds is 4. The fourth-order valence-corrected chi connectivity index (χ4v) is 1.61. The summed E-state index contributed by atoms with van der Waals surface area (Å²) in [6, 6.07) is 3.64. The van der Waals surface area contributed by atoms with Gasteiger partial charge in [0.2, 0.25) is 0 Å². The van der Waals surface area contributed by atoms with Crippen molar-refractivity contribution in [2.75, 3.05) is 5.32 Å². The summed E-state index contributed by atoms with van der Waals surface area (Å²) in [6.07, 6.45) is 5.33. The first-order chi connectivity index (χ1) is 8.20. The van der Waals surface area contributed by atoms with Crippen LogP contribution in [0.2, 0.25) is 0 Å². The fraction of sp³-hybridized carbons (Fsp3) is 0.182. The minimum Gasteiger partial charge on any atom is -0.389 e. The molecule has 6 heteroatoms. The summed E-state index contributed by atoms with van der Waals surface area (Å²) in [5.74, 6) is 0.649. The summed E-state index contributed by atoms with van der Waals surface area (Å²) in [7, 11) is 0. The Morgan fingerprint density at radius 2 is 2.41 bits per heavy atom. The molecule has 2 aromatic rings. The number of pyridine rings is 1. The first-order valence-electron chi connectivity index (χ1n) is 5.25. The number of aryl methyl sites for hydroxylation is 1. The fourth-order valence-electron chi connectivity index (χ4n) is 1.44. The molecule has 3 N–H and O–H groups in total. The number of nitrogens with two attached hydrogens (primary N) is 1. The van der Waals surface area contributed by atoms with Crippen LogP contribution in [0, 0.1) is 0 Å². The second-order valence-electron chi connectivity index (χ2n) is 3.47. The van der Waals surface area contributed by atoms with Crippen molar-refractivity contribution in [1.29, 1.82) is 0 Å². The molecule has 0 aliphatic carbocycles. The van der Waals surface area contributed by atoms with Gasteiger partial charge in [0.15, 0.2) is 0 Å². The van der Waals surface area contributed by atoms with Gasteiger partial charge < -0.3 is 11.1 Å². The molecule has 0 unspecified atom stereocenters. The maximum absolute atomic E-state index is 5.63. The van der Waals surface area contributed by atoms with E-state index in [0.29, 0.717) is 10.8 Å². The Hall–Kier alpha value is -1.95. The van der Waals surface area contributed by atoms with Crippen LogP contribution in [0.15, 0.2) is 30.7 Å². The van der Waals surface area contributed by atoms with Gasteiger partial charge in [0, 0.05) is 18.9 Å². The van der Waals surface area contributed by atoms with Gasteiger partial charge in [0.1, 0.15) is 10.8 Å². The molecule has 0 spiro atoms. The highest BCUT2D eigenvalue weighted by Crippen LogP contribution is 2.17. The van der Waals surface area contributed by atoms with E-state index in [0.717, 1.165) is 17.8 Å². The van der Waals surface area contributed by atoms with Crippen molar-refractivity contribution >= 4 is 28.7 Å². The van der Waals surface area contributed by atoms with E-state index in [4.69, 9.17) is 18.0 Å². The molecule has 88 valence electrons. The van der Waals surface area contributed by atoms with Gasteiger partial charge in [-0.15, -0.1) is 0 Å². The largest absolute Gasteiger partial charge is 0.389 e. The van der Waals surface area contributed by atoms with E-state index in [2.05, 4.69) is 15.4 Å². The molecule has 17 heavy (non-hydrogen) atoms. The van der Waals surface area contributed by atoms with E-state index < -0.39 is 0 Å². The Bertz CT molecular complexity index is 534. The van der Waals surface area contributed by atoms with Gasteiger partial charge in [-0.3, -0.25) is 4.68 Å². The predicted octanol–water partition coefficient (Wildman–Crippen LogP) is 1.68. The molecule has 0 fully saturated rings. The number of aromatic nitrogens is 3. The molecular weight excluding hydrogens is 234 g/mol. The maximum Gasteiger partial charge on any atom is 0.140 e. The zero-order valence-corrected chi connectivity index (χ0v) is 10.2. The molecule has 0 aromatic carbocycles. The average Bonchev–Trinajstić information content (AvgIpc) is 2.77. The van der Waals surface area contributed by atoms with Crippen molar-refractivity contribution in [3.63, 3.8) is 0 Å². The first-order valence-corrected chi connectivity index (χ1v) is 5.66. The van der Waals surface area contributed by atoms with E-state index in [1.807, 2.05) is 23.9 Å². The van der Waals surface area contributed by atoms with E-state index in [9.17, 15) is 0 Å². The Labute approximate surface area is 105 Å².